The van der Waals surface area contributed by atoms with Gasteiger partial charge in [0.1, 0.15) is 6.54 Å². The lowest BCUT2D eigenvalue weighted by atomic mass is 10.2. The summed E-state index contributed by atoms with van der Waals surface area (Å²) < 4.78 is 4.44. The quantitative estimate of drug-likeness (QED) is 0.822. The largest absolute Gasteiger partial charge is 0.468 e. The fourth-order valence-corrected chi connectivity index (χ4v) is 2.48. The highest BCUT2D eigenvalue weighted by atomic mass is 32.1. The van der Waals surface area contributed by atoms with E-state index in [4.69, 9.17) is 0 Å². The molecule has 0 saturated carbocycles. The number of esters is 1. The van der Waals surface area contributed by atoms with E-state index < -0.39 is 5.97 Å². The maximum Gasteiger partial charge on any atom is 0.325 e. The smallest absolute Gasteiger partial charge is 0.325 e. The molecule has 0 fully saturated rings. The van der Waals surface area contributed by atoms with Gasteiger partial charge in [0.05, 0.1) is 12.7 Å². The van der Waals surface area contributed by atoms with Gasteiger partial charge in [0.15, 0.2) is 0 Å². The molecule has 0 unspecified atom stereocenters. The topological polar surface area (TPSA) is 84.5 Å². The Balaban J connectivity index is 1.95. The molecular formula is C16H16N2O4S. The minimum atomic E-state index is -0.520. The van der Waals surface area contributed by atoms with Gasteiger partial charge in [0.25, 0.3) is 11.8 Å². The van der Waals surface area contributed by atoms with Crippen molar-refractivity contribution < 1.29 is 19.1 Å². The number of carbonyl (C=O) groups excluding carboxylic acids is 3. The van der Waals surface area contributed by atoms with Crippen LogP contribution in [0.5, 0.6) is 0 Å². The van der Waals surface area contributed by atoms with E-state index in [9.17, 15) is 14.4 Å². The Morgan fingerprint density at radius 2 is 1.78 bits per heavy atom. The lowest BCUT2D eigenvalue weighted by molar-refractivity contribution is -0.139. The number of hydrogen-bond acceptors (Lipinski definition) is 5. The molecule has 2 rings (SSSR count). The average molecular weight is 332 g/mol. The lowest BCUT2D eigenvalue weighted by Gasteiger charge is -2.06. The van der Waals surface area contributed by atoms with E-state index in [1.165, 1.54) is 18.4 Å². The highest BCUT2D eigenvalue weighted by Crippen LogP contribution is 2.16. The Hall–Kier alpha value is -2.67. The van der Waals surface area contributed by atoms with Crippen molar-refractivity contribution in [3.8, 4) is 0 Å². The number of aryl methyl sites for hydroxylation is 1. The van der Waals surface area contributed by atoms with E-state index in [1.807, 2.05) is 13.0 Å². The molecule has 2 N–H and O–H groups in total. The molecule has 2 aromatic rings. The Morgan fingerprint density at radius 1 is 1.09 bits per heavy atom. The first-order valence-electron chi connectivity index (χ1n) is 6.81. The Kier molecular flexibility index (Phi) is 5.48. The molecule has 0 atom stereocenters. The van der Waals surface area contributed by atoms with Crippen LogP contribution in [-0.2, 0) is 9.53 Å². The number of rotatable bonds is 5. The standard InChI is InChI=1S/C16H16N2O4S/c1-10-7-12(9-23-10)16(21)18-13-5-3-11(4-6-13)15(20)17-8-14(19)22-2/h3-7,9H,8H2,1-2H3,(H,17,20)(H,18,21). The van der Waals surface area contributed by atoms with Crippen LogP contribution in [0.3, 0.4) is 0 Å². The number of carbonyl (C=O) groups is 3. The van der Waals surface area contributed by atoms with E-state index >= 15 is 0 Å². The number of hydrogen-bond donors (Lipinski definition) is 2. The first-order chi connectivity index (χ1) is 11.0. The summed E-state index contributed by atoms with van der Waals surface area (Å²) in [5.41, 5.74) is 1.58. The summed E-state index contributed by atoms with van der Waals surface area (Å²) in [5.74, 6) is -1.10. The Morgan fingerprint density at radius 3 is 2.35 bits per heavy atom. The Bertz CT molecular complexity index is 722. The first kappa shape index (κ1) is 16.7. The lowest BCUT2D eigenvalue weighted by Crippen LogP contribution is -2.30. The summed E-state index contributed by atoms with van der Waals surface area (Å²) >= 11 is 1.51. The summed E-state index contributed by atoms with van der Waals surface area (Å²) in [6.07, 6.45) is 0. The van der Waals surface area contributed by atoms with Crippen molar-refractivity contribution in [2.24, 2.45) is 0 Å². The highest BCUT2D eigenvalue weighted by molar-refractivity contribution is 7.10. The van der Waals surface area contributed by atoms with Crippen molar-refractivity contribution in [3.63, 3.8) is 0 Å². The Labute approximate surface area is 137 Å². The van der Waals surface area contributed by atoms with E-state index in [1.54, 1.807) is 29.6 Å². The highest BCUT2D eigenvalue weighted by Gasteiger charge is 2.10. The second-order valence-electron chi connectivity index (χ2n) is 4.74. The zero-order chi connectivity index (χ0) is 16.8. The summed E-state index contributed by atoms with van der Waals surface area (Å²) in [4.78, 5) is 35.9. The third-order valence-electron chi connectivity index (χ3n) is 3.02. The molecule has 1 aromatic heterocycles. The summed E-state index contributed by atoms with van der Waals surface area (Å²) in [7, 11) is 1.25. The fraction of sp³-hybridized carbons (Fsp3) is 0.188. The second-order valence-corrected chi connectivity index (χ2v) is 5.85. The van der Waals surface area contributed by atoms with Crippen molar-refractivity contribution in [3.05, 3.63) is 51.7 Å². The van der Waals surface area contributed by atoms with Gasteiger partial charge in [-0.05, 0) is 37.3 Å². The summed E-state index contributed by atoms with van der Waals surface area (Å²) in [5, 5.41) is 6.99. The molecule has 23 heavy (non-hydrogen) atoms. The molecule has 0 bridgehead atoms. The molecular weight excluding hydrogens is 316 g/mol. The zero-order valence-corrected chi connectivity index (χ0v) is 13.5. The number of amides is 2. The average Bonchev–Trinajstić information content (AvgIpc) is 2.99. The van der Waals surface area contributed by atoms with Crippen LogP contribution in [-0.4, -0.2) is 31.4 Å². The van der Waals surface area contributed by atoms with Gasteiger partial charge in [-0.25, -0.2) is 0 Å². The third kappa shape index (κ3) is 4.65. The number of anilines is 1. The van der Waals surface area contributed by atoms with Crippen molar-refractivity contribution in [2.75, 3.05) is 19.0 Å². The zero-order valence-electron chi connectivity index (χ0n) is 12.7. The van der Waals surface area contributed by atoms with Gasteiger partial charge < -0.3 is 15.4 Å². The SMILES string of the molecule is COC(=O)CNC(=O)c1ccc(NC(=O)c2csc(C)c2)cc1. The molecule has 0 spiro atoms. The van der Waals surface area contributed by atoms with Crippen LogP contribution in [0.15, 0.2) is 35.7 Å². The van der Waals surface area contributed by atoms with Crippen molar-refractivity contribution in [1.29, 1.82) is 0 Å². The molecule has 7 heteroatoms. The molecule has 120 valence electrons. The number of nitrogens with one attached hydrogen (secondary N) is 2. The van der Waals surface area contributed by atoms with E-state index in [-0.39, 0.29) is 18.4 Å². The van der Waals surface area contributed by atoms with Crippen LogP contribution in [0.25, 0.3) is 0 Å². The summed E-state index contributed by atoms with van der Waals surface area (Å²) in [6, 6.07) is 8.21. The minimum absolute atomic E-state index is 0.189. The predicted molar refractivity (Wildman–Crippen MR) is 87.8 cm³/mol. The van der Waals surface area contributed by atoms with E-state index in [0.29, 0.717) is 16.8 Å². The van der Waals surface area contributed by atoms with E-state index in [0.717, 1.165) is 4.88 Å². The first-order valence-corrected chi connectivity index (χ1v) is 7.69. The maximum absolute atomic E-state index is 12.0. The molecule has 0 saturated heterocycles. The number of benzene rings is 1. The summed E-state index contributed by atoms with van der Waals surface area (Å²) in [6.45, 7) is 1.74. The molecule has 0 aliphatic carbocycles. The fourth-order valence-electron chi connectivity index (χ4n) is 1.80. The molecule has 6 nitrogen and oxygen atoms in total. The van der Waals surface area contributed by atoms with Crippen LogP contribution < -0.4 is 10.6 Å². The predicted octanol–water partition coefficient (Wildman–Crippen LogP) is 2.21. The monoisotopic (exact) mass is 332 g/mol. The van der Waals surface area contributed by atoms with Gasteiger partial charge >= 0.3 is 5.97 Å². The van der Waals surface area contributed by atoms with Gasteiger partial charge in [-0.1, -0.05) is 0 Å². The number of thiophene rings is 1. The third-order valence-corrected chi connectivity index (χ3v) is 3.88. The molecule has 1 aromatic carbocycles. The maximum atomic E-state index is 12.0. The van der Waals surface area contributed by atoms with Crippen LogP contribution in [0.2, 0.25) is 0 Å². The van der Waals surface area contributed by atoms with Crippen molar-refractivity contribution in [2.45, 2.75) is 6.92 Å². The van der Waals surface area contributed by atoms with Crippen LogP contribution in [0.1, 0.15) is 25.6 Å². The number of methoxy groups -OCH3 is 1. The van der Waals surface area contributed by atoms with Crippen molar-refractivity contribution in [1.82, 2.24) is 5.32 Å². The molecule has 1 heterocycles. The molecule has 0 radical (unpaired) electrons. The van der Waals surface area contributed by atoms with Gasteiger partial charge in [-0.2, -0.15) is 0 Å². The van der Waals surface area contributed by atoms with Crippen LogP contribution in [0, 0.1) is 6.92 Å². The van der Waals surface area contributed by atoms with Crippen molar-refractivity contribution >= 4 is 34.8 Å². The second kappa shape index (κ2) is 7.55. The normalized spacial score (nSPS) is 10.0. The molecule has 0 aliphatic heterocycles. The van der Waals surface area contributed by atoms with Gasteiger partial charge in [0.2, 0.25) is 0 Å². The van der Waals surface area contributed by atoms with E-state index in [2.05, 4.69) is 15.4 Å². The van der Waals surface area contributed by atoms with Gasteiger partial charge in [0, 0.05) is 21.5 Å². The number of ether oxygens (including phenoxy) is 1. The molecule has 0 aliphatic rings. The van der Waals surface area contributed by atoms with Gasteiger partial charge in [-0.15, -0.1) is 11.3 Å². The van der Waals surface area contributed by atoms with Crippen LogP contribution >= 0.6 is 11.3 Å². The van der Waals surface area contributed by atoms with Crippen LogP contribution in [0.4, 0.5) is 5.69 Å². The molecule has 2 amide bonds. The minimum Gasteiger partial charge on any atom is -0.468 e. The van der Waals surface area contributed by atoms with Gasteiger partial charge in [-0.3, -0.25) is 14.4 Å².